The molecule has 1 aliphatic rings. The molecule has 0 saturated carbocycles. The molecule has 1 aromatic rings. The molecule has 0 aromatic heterocycles. The van der Waals surface area contributed by atoms with Gasteiger partial charge in [-0.25, -0.2) is 0 Å². The van der Waals surface area contributed by atoms with Crippen LogP contribution in [0.1, 0.15) is 13.3 Å². The Labute approximate surface area is 112 Å². The van der Waals surface area contributed by atoms with Crippen molar-refractivity contribution in [2.24, 2.45) is 0 Å². The van der Waals surface area contributed by atoms with Gasteiger partial charge < -0.3 is 24.6 Å². The van der Waals surface area contributed by atoms with E-state index in [1.165, 1.54) is 0 Å². The summed E-state index contributed by atoms with van der Waals surface area (Å²) < 4.78 is 11.0. The van der Waals surface area contributed by atoms with Crippen LogP contribution in [0.3, 0.4) is 0 Å². The molecule has 1 fully saturated rings. The Morgan fingerprint density at radius 1 is 1.37 bits per heavy atom. The van der Waals surface area contributed by atoms with Gasteiger partial charge >= 0.3 is 7.12 Å². The largest absolute Gasteiger partial charge is 0.491 e. The quantitative estimate of drug-likeness (QED) is 0.627. The van der Waals surface area contributed by atoms with E-state index in [-0.39, 0.29) is 18.8 Å². The van der Waals surface area contributed by atoms with Gasteiger partial charge in [-0.1, -0.05) is 30.3 Å². The minimum absolute atomic E-state index is 0.130. The van der Waals surface area contributed by atoms with E-state index in [4.69, 9.17) is 14.5 Å². The smallest absolute Gasteiger partial charge is 0.423 e. The molecule has 0 unspecified atom stereocenters. The van der Waals surface area contributed by atoms with Crippen LogP contribution < -0.4 is 5.46 Å². The van der Waals surface area contributed by atoms with Gasteiger partial charge in [-0.05, 0) is 12.4 Å². The zero-order valence-corrected chi connectivity index (χ0v) is 10.8. The van der Waals surface area contributed by atoms with Gasteiger partial charge in [-0.3, -0.25) is 0 Å². The number of aliphatic hydroxyl groups is 2. The van der Waals surface area contributed by atoms with Crippen molar-refractivity contribution >= 4 is 12.6 Å². The number of benzene rings is 1. The first kappa shape index (κ1) is 14.5. The van der Waals surface area contributed by atoms with E-state index in [0.717, 1.165) is 0 Å². The summed E-state index contributed by atoms with van der Waals surface area (Å²) in [4.78, 5) is 0. The molecule has 1 heterocycles. The van der Waals surface area contributed by atoms with E-state index < -0.39 is 19.3 Å². The SMILES string of the molecule is C[C@@H]1O[C@H](CO)C[C@H](O)[C@H]1OB(O)c1ccccc1. The lowest BCUT2D eigenvalue weighted by molar-refractivity contribution is -0.165. The molecular weight excluding hydrogens is 247 g/mol. The van der Waals surface area contributed by atoms with Gasteiger partial charge in [0.25, 0.3) is 0 Å². The average Bonchev–Trinajstić information content (AvgIpc) is 2.43. The van der Waals surface area contributed by atoms with E-state index in [2.05, 4.69) is 0 Å². The molecule has 0 bridgehead atoms. The average molecular weight is 266 g/mol. The van der Waals surface area contributed by atoms with Crippen LogP contribution in [0.25, 0.3) is 0 Å². The van der Waals surface area contributed by atoms with E-state index in [1.54, 1.807) is 31.2 Å². The van der Waals surface area contributed by atoms with E-state index in [9.17, 15) is 10.1 Å². The molecule has 1 aliphatic heterocycles. The second kappa shape index (κ2) is 6.50. The molecule has 1 saturated heterocycles. The standard InChI is InChI=1S/C13H19BO5/c1-9-13(12(16)7-11(8-15)18-9)19-14(17)10-5-3-2-4-6-10/h2-6,9,11-13,15-17H,7-8H2,1H3/t9-,11-,12-,13-/m0/s1. The predicted octanol–water partition coefficient (Wildman–Crippen LogP) is -0.710. The highest BCUT2D eigenvalue weighted by molar-refractivity contribution is 6.60. The van der Waals surface area contributed by atoms with Crippen molar-refractivity contribution in [3.8, 4) is 0 Å². The van der Waals surface area contributed by atoms with Crippen LogP contribution in [0.15, 0.2) is 30.3 Å². The number of ether oxygens (including phenoxy) is 1. The summed E-state index contributed by atoms with van der Waals surface area (Å²) in [6.45, 7) is 1.63. The Kier molecular flexibility index (Phi) is 4.96. The monoisotopic (exact) mass is 266 g/mol. The maximum Gasteiger partial charge on any atom is 0.491 e. The van der Waals surface area contributed by atoms with E-state index >= 15 is 0 Å². The van der Waals surface area contributed by atoms with Crippen LogP contribution in [-0.4, -0.2) is 53.4 Å². The van der Waals surface area contributed by atoms with Gasteiger partial charge in [0.2, 0.25) is 0 Å². The maximum absolute atomic E-state index is 10.0. The fourth-order valence-electron chi connectivity index (χ4n) is 2.32. The molecular formula is C13H19BO5. The zero-order chi connectivity index (χ0) is 13.8. The molecule has 3 N–H and O–H groups in total. The third kappa shape index (κ3) is 3.55. The van der Waals surface area contributed by atoms with Gasteiger partial charge in [0, 0.05) is 6.42 Å². The lowest BCUT2D eigenvalue weighted by Gasteiger charge is -2.38. The minimum Gasteiger partial charge on any atom is -0.423 e. The van der Waals surface area contributed by atoms with Gasteiger partial charge in [-0.2, -0.15) is 0 Å². The topological polar surface area (TPSA) is 79.2 Å². The highest BCUT2D eigenvalue weighted by Gasteiger charge is 2.38. The van der Waals surface area contributed by atoms with Gasteiger partial charge in [0.15, 0.2) is 0 Å². The van der Waals surface area contributed by atoms with Crippen LogP contribution in [0.2, 0.25) is 0 Å². The summed E-state index contributed by atoms with van der Waals surface area (Å²) in [5.74, 6) is 0. The fourth-order valence-corrected chi connectivity index (χ4v) is 2.32. The third-order valence-electron chi connectivity index (χ3n) is 3.33. The number of aliphatic hydroxyl groups excluding tert-OH is 2. The van der Waals surface area contributed by atoms with Crippen molar-refractivity contribution in [2.75, 3.05) is 6.61 Å². The van der Waals surface area contributed by atoms with E-state index in [1.807, 2.05) is 6.07 Å². The Balaban J connectivity index is 1.98. The predicted molar refractivity (Wildman–Crippen MR) is 71.0 cm³/mol. The van der Waals surface area contributed by atoms with E-state index in [0.29, 0.717) is 11.9 Å². The molecule has 2 rings (SSSR count). The molecule has 6 heteroatoms. The first-order valence-corrected chi connectivity index (χ1v) is 6.44. The molecule has 104 valence electrons. The highest BCUT2D eigenvalue weighted by Crippen LogP contribution is 2.22. The summed E-state index contributed by atoms with van der Waals surface area (Å²) in [6.07, 6.45) is -1.84. The second-order valence-electron chi connectivity index (χ2n) is 4.81. The number of hydrogen-bond acceptors (Lipinski definition) is 5. The van der Waals surface area contributed by atoms with Crippen LogP contribution in [0.4, 0.5) is 0 Å². The molecule has 19 heavy (non-hydrogen) atoms. The maximum atomic E-state index is 10.0. The summed E-state index contributed by atoms with van der Waals surface area (Å²) in [5.41, 5.74) is 0.631. The van der Waals surface area contributed by atoms with Crippen molar-refractivity contribution in [2.45, 2.75) is 37.8 Å². The highest BCUT2D eigenvalue weighted by atomic mass is 16.6. The Hall–Kier alpha value is -0.915. The first-order chi connectivity index (χ1) is 9.11. The summed E-state index contributed by atoms with van der Waals surface area (Å²) in [5, 5.41) is 29.0. The molecule has 0 spiro atoms. The van der Waals surface area contributed by atoms with Gasteiger partial charge in [-0.15, -0.1) is 0 Å². The molecule has 0 radical (unpaired) electrons. The Morgan fingerprint density at radius 3 is 2.63 bits per heavy atom. The second-order valence-corrected chi connectivity index (χ2v) is 4.81. The molecule has 0 amide bonds. The Bertz CT molecular complexity index is 376. The van der Waals surface area contributed by atoms with Crippen molar-refractivity contribution in [3.63, 3.8) is 0 Å². The van der Waals surface area contributed by atoms with Crippen molar-refractivity contribution < 1.29 is 24.6 Å². The van der Waals surface area contributed by atoms with Crippen LogP contribution in [-0.2, 0) is 9.39 Å². The van der Waals surface area contributed by atoms with Gasteiger partial charge in [0.1, 0.15) is 0 Å². The van der Waals surface area contributed by atoms with Crippen LogP contribution in [0, 0.1) is 0 Å². The van der Waals surface area contributed by atoms with Crippen molar-refractivity contribution in [3.05, 3.63) is 30.3 Å². The molecule has 4 atom stereocenters. The molecule has 0 aliphatic carbocycles. The summed E-state index contributed by atoms with van der Waals surface area (Å²) in [6, 6.07) is 8.97. The van der Waals surface area contributed by atoms with Crippen LogP contribution >= 0.6 is 0 Å². The lowest BCUT2D eigenvalue weighted by atomic mass is 9.78. The fraction of sp³-hybridized carbons (Fsp3) is 0.538. The normalized spacial score (nSPS) is 31.2. The summed E-state index contributed by atoms with van der Waals surface area (Å²) in [7, 11) is -1.10. The molecule has 1 aromatic carbocycles. The first-order valence-electron chi connectivity index (χ1n) is 6.44. The zero-order valence-electron chi connectivity index (χ0n) is 10.8. The third-order valence-corrected chi connectivity index (χ3v) is 3.33. The van der Waals surface area contributed by atoms with Gasteiger partial charge in [0.05, 0.1) is 31.0 Å². The van der Waals surface area contributed by atoms with Crippen molar-refractivity contribution in [1.82, 2.24) is 0 Å². The summed E-state index contributed by atoms with van der Waals surface area (Å²) >= 11 is 0. The minimum atomic E-state index is -1.10. The van der Waals surface area contributed by atoms with Crippen LogP contribution in [0.5, 0.6) is 0 Å². The lowest BCUT2D eigenvalue weighted by Crippen LogP contribution is -2.53. The number of hydrogen-bond donors (Lipinski definition) is 3. The van der Waals surface area contributed by atoms with Crippen molar-refractivity contribution in [1.29, 1.82) is 0 Å². The number of rotatable bonds is 4. The molecule has 5 nitrogen and oxygen atoms in total. The Morgan fingerprint density at radius 2 is 2.05 bits per heavy atom.